The van der Waals surface area contributed by atoms with Crippen LogP contribution in [0.2, 0.25) is 5.02 Å². The minimum atomic E-state index is -0.642. The monoisotopic (exact) mass is 321 g/mol. The zero-order valence-electron chi connectivity index (χ0n) is 12.9. The van der Waals surface area contributed by atoms with Crippen molar-refractivity contribution >= 4 is 34.1 Å². The van der Waals surface area contributed by atoms with Crippen LogP contribution in [0.5, 0.6) is 0 Å². The molecule has 118 valence electrons. The van der Waals surface area contributed by atoms with Crippen LogP contribution >= 0.6 is 11.6 Å². The summed E-state index contributed by atoms with van der Waals surface area (Å²) in [5, 5.41) is 13.2. The molecule has 1 aromatic carbocycles. The van der Waals surface area contributed by atoms with Crippen LogP contribution in [0.3, 0.4) is 0 Å². The highest BCUT2D eigenvalue weighted by molar-refractivity contribution is 6.34. The summed E-state index contributed by atoms with van der Waals surface area (Å²) in [5.74, 6) is -0.642. The van der Waals surface area contributed by atoms with E-state index >= 15 is 0 Å². The number of hydrogen-bond acceptors (Lipinski definition) is 4. The second-order valence-electron chi connectivity index (χ2n) is 6.39. The number of benzene rings is 1. The van der Waals surface area contributed by atoms with Gasteiger partial charge in [0.05, 0.1) is 16.1 Å². The lowest BCUT2D eigenvalue weighted by atomic mass is 9.92. The Kier molecular flexibility index (Phi) is 4.88. The number of hydroxylamine groups is 1. The molecule has 2 rings (SSSR count). The predicted octanol–water partition coefficient (Wildman–Crippen LogP) is 3.86. The van der Waals surface area contributed by atoms with Crippen LogP contribution in [-0.2, 0) is 0 Å². The SMILES string of the molecule is CC(C)(C)CCNc1ccnc2cc(Cl)c(C(=O)NO)cc12. The molecule has 1 heterocycles. The Bertz CT molecular complexity index is 696. The average molecular weight is 322 g/mol. The first kappa shape index (κ1) is 16.5. The van der Waals surface area contributed by atoms with E-state index in [1.807, 2.05) is 6.07 Å². The standard InChI is InChI=1S/C16H20ClN3O2/c1-16(2,3)5-7-19-13-4-6-18-14-9-12(17)10(8-11(13)14)15(21)20-22/h4,6,8-9,22H,5,7H2,1-3H3,(H,18,19)(H,20,21). The number of rotatable bonds is 4. The summed E-state index contributed by atoms with van der Waals surface area (Å²) < 4.78 is 0. The Morgan fingerprint density at radius 3 is 2.73 bits per heavy atom. The van der Waals surface area contributed by atoms with E-state index in [-0.39, 0.29) is 16.0 Å². The normalized spacial score (nSPS) is 11.5. The first-order chi connectivity index (χ1) is 10.3. The number of carbonyl (C=O) groups is 1. The van der Waals surface area contributed by atoms with Crippen molar-refractivity contribution in [3.8, 4) is 0 Å². The number of amides is 1. The van der Waals surface area contributed by atoms with Crippen molar-refractivity contribution in [1.29, 1.82) is 0 Å². The third-order valence-corrected chi connectivity index (χ3v) is 3.68. The van der Waals surface area contributed by atoms with Gasteiger partial charge in [0.15, 0.2) is 0 Å². The van der Waals surface area contributed by atoms with Gasteiger partial charge >= 0.3 is 0 Å². The van der Waals surface area contributed by atoms with Gasteiger partial charge in [0, 0.05) is 23.8 Å². The Labute approximate surface area is 134 Å². The fraction of sp³-hybridized carbons (Fsp3) is 0.375. The topological polar surface area (TPSA) is 74.2 Å². The molecule has 3 N–H and O–H groups in total. The lowest BCUT2D eigenvalue weighted by molar-refractivity contribution is 0.0706. The van der Waals surface area contributed by atoms with Gasteiger partial charge in [0.2, 0.25) is 0 Å². The van der Waals surface area contributed by atoms with E-state index in [2.05, 4.69) is 31.1 Å². The molecule has 22 heavy (non-hydrogen) atoms. The fourth-order valence-electron chi connectivity index (χ4n) is 2.13. The van der Waals surface area contributed by atoms with Gasteiger partial charge in [0.1, 0.15) is 0 Å². The zero-order chi connectivity index (χ0) is 16.3. The van der Waals surface area contributed by atoms with Crippen LogP contribution in [-0.4, -0.2) is 22.6 Å². The van der Waals surface area contributed by atoms with Crippen LogP contribution in [0, 0.1) is 5.41 Å². The van der Waals surface area contributed by atoms with E-state index in [1.54, 1.807) is 23.8 Å². The molecule has 0 aliphatic rings. The molecule has 0 atom stereocenters. The van der Waals surface area contributed by atoms with E-state index in [0.717, 1.165) is 24.0 Å². The lowest BCUT2D eigenvalue weighted by Crippen LogP contribution is -2.19. The van der Waals surface area contributed by atoms with Gasteiger partial charge < -0.3 is 5.32 Å². The van der Waals surface area contributed by atoms with Crippen molar-refractivity contribution in [1.82, 2.24) is 10.5 Å². The Hall–Kier alpha value is -1.85. The van der Waals surface area contributed by atoms with Crippen molar-refractivity contribution in [2.75, 3.05) is 11.9 Å². The van der Waals surface area contributed by atoms with Crippen molar-refractivity contribution in [3.63, 3.8) is 0 Å². The zero-order valence-corrected chi connectivity index (χ0v) is 13.7. The van der Waals surface area contributed by atoms with E-state index in [9.17, 15) is 4.79 Å². The maximum absolute atomic E-state index is 11.6. The number of nitrogens with zero attached hydrogens (tertiary/aromatic N) is 1. The lowest BCUT2D eigenvalue weighted by Gasteiger charge is -2.19. The van der Waals surface area contributed by atoms with Gasteiger partial charge in [-0.2, -0.15) is 0 Å². The van der Waals surface area contributed by atoms with Crippen molar-refractivity contribution in [3.05, 3.63) is 35.0 Å². The minimum absolute atomic E-state index is 0.212. The van der Waals surface area contributed by atoms with Crippen LogP contribution < -0.4 is 10.8 Å². The first-order valence-electron chi connectivity index (χ1n) is 7.08. The Morgan fingerprint density at radius 2 is 2.09 bits per heavy atom. The minimum Gasteiger partial charge on any atom is -0.384 e. The molecule has 5 nitrogen and oxygen atoms in total. The molecule has 1 aromatic heterocycles. The summed E-state index contributed by atoms with van der Waals surface area (Å²) in [5.41, 5.74) is 3.64. The second-order valence-corrected chi connectivity index (χ2v) is 6.79. The highest BCUT2D eigenvalue weighted by Crippen LogP contribution is 2.28. The van der Waals surface area contributed by atoms with Crippen LogP contribution in [0.1, 0.15) is 37.6 Å². The van der Waals surface area contributed by atoms with Gasteiger partial charge in [-0.15, -0.1) is 0 Å². The van der Waals surface area contributed by atoms with E-state index in [4.69, 9.17) is 16.8 Å². The predicted molar refractivity (Wildman–Crippen MR) is 88.6 cm³/mol. The smallest absolute Gasteiger partial charge is 0.276 e. The molecule has 0 unspecified atom stereocenters. The summed E-state index contributed by atoms with van der Waals surface area (Å²) in [6, 6.07) is 5.12. The van der Waals surface area contributed by atoms with Crippen LogP contribution in [0.25, 0.3) is 10.9 Å². The Morgan fingerprint density at radius 1 is 1.36 bits per heavy atom. The summed E-state index contributed by atoms with van der Waals surface area (Å²) in [6.07, 6.45) is 2.71. The summed E-state index contributed by atoms with van der Waals surface area (Å²) in [6.45, 7) is 7.36. The number of fused-ring (bicyclic) bond motifs is 1. The molecule has 0 radical (unpaired) electrons. The van der Waals surface area contributed by atoms with Crippen LogP contribution in [0.15, 0.2) is 24.4 Å². The van der Waals surface area contributed by atoms with Crippen molar-refractivity contribution in [2.24, 2.45) is 5.41 Å². The average Bonchev–Trinajstić information content (AvgIpc) is 2.44. The molecule has 0 fully saturated rings. The van der Waals surface area contributed by atoms with Crippen molar-refractivity contribution < 1.29 is 10.0 Å². The third-order valence-electron chi connectivity index (χ3n) is 3.37. The summed E-state index contributed by atoms with van der Waals surface area (Å²) in [7, 11) is 0. The molecule has 0 aliphatic carbocycles. The molecule has 2 aromatic rings. The molecule has 1 amide bonds. The quantitative estimate of drug-likeness (QED) is 0.590. The van der Waals surface area contributed by atoms with E-state index in [1.165, 1.54) is 0 Å². The first-order valence-corrected chi connectivity index (χ1v) is 7.46. The summed E-state index contributed by atoms with van der Waals surface area (Å²) >= 11 is 6.06. The fourth-order valence-corrected chi connectivity index (χ4v) is 2.37. The Balaban J connectivity index is 2.36. The highest BCUT2D eigenvalue weighted by atomic mass is 35.5. The molecule has 0 aliphatic heterocycles. The van der Waals surface area contributed by atoms with Gasteiger partial charge in [0.25, 0.3) is 5.91 Å². The number of hydrogen-bond donors (Lipinski definition) is 3. The second kappa shape index (κ2) is 6.50. The van der Waals surface area contributed by atoms with Gasteiger partial charge in [-0.05, 0) is 30.0 Å². The number of nitrogens with one attached hydrogen (secondary N) is 2. The highest BCUT2D eigenvalue weighted by Gasteiger charge is 2.14. The number of pyridine rings is 1. The molecular weight excluding hydrogens is 302 g/mol. The van der Waals surface area contributed by atoms with Gasteiger partial charge in [-0.25, -0.2) is 5.48 Å². The van der Waals surface area contributed by atoms with Crippen molar-refractivity contribution in [2.45, 2.75) is 27.2 Å². The molecule has 0 bridgehead atoms. The van der Waals surface area contributed by atoms with Gasteiger partial charge in [-0.3, -0.25) is 15.0 Å². The van der Waals surface area contributed by atoms with Gasteiger partial charge in [-0.1, -0.05) is 32.4 Å². The molecular formula is C16H20ClN3O2. The molecule has 6 heteroatoms. The maximum Gasteiger partial charge on any atom is 0.276 e. The largest absolute Gasteiger partial charge is 0.384 e. The van der Waals surface area contributed by atoms with E-state index in [0.29, 0.717) is 5.52 Å². The number of anilines is 1. The third kappa shape index (κ3) is 3.87. The molecule has 0 spiro atoms. The maximum atomic E-state index is 11.6. The molecule has 0 saturated carbocycles. The number of aromatic nitrogens is 1. The number of halogens is 1. The molecule has 0 saturated heterocycles. The summed E-state index contributed by atoms with van der Waals surface area (Å²) in [4.78, 5) is 15.9. The van der Waals surface area contributed by atoms with E-state index < -0.39 is 5.91 Å². The number of carbonyl (C=O) groups excluding carboxylic acids is 1. The van der Waals surface area contributed by atoms with Crippen LogP contribution in [0.4, 0.5) is 5.69 Å².